The van der Waals surface area contributed by atoms with Crippen LogP contribution >= 0.6 is 0 Å². The van der Waals surface area contributed by atoms with Crippen molar-refractivity contribution in [1.82, 2.24) is 0 Å². The van der Waals surface area contributed by atoms with Crippen LogP contribution in [0.3, 0.4) is 0 Å². The molecule has 3 atom stereocenters. The Bertz CT molecular complexity index is 257. The molecular formula is C13H22O2. The Labute approximate surface area is 91.7 Å². The third-order valence-corrected chi connectivity index (χ3v) is 5.60. The standard InChI is InChI=1S/C13H22O2/c14-9-12(5-1-2-6-12)13(15)8-10-3-4-11(13)7-10/h10-11,14-15H,1-9H2. The van der Waals surface area contributed by atoms with Gasteiger partial charge in [0.15, 0.2) is 0 Å². The molecule has 0 amide bonds. The highest BCUT2D eigenvalue weighted by atomic mass is 16.3. The molecule has 0 heterocycles. The van der Waals surface area contributed by atoms with Crippen molar-refractivity contribution < 1.29 is 10.2 Å². The van der Waals surface area contributed by atoms with E-state index in [1.807, 2.05) is 0 Å². The highest BCUT2D eigenvalue weighted by molar-refractivity contribution is 5.11. The Morgan fingerprint density at radius 1 is 1.13 bits per heavy atom. The molecule has 15 heavy (non-hydrogen) atoms. The number of rotatable bonds is 2. The SMILES string of the molecule is OCC1(C2(O)CC3CCC2C3)CCCC1. The number of aliphatic hydroxyl groups is 2. The van der Waals surface area contributed by atoms with Gasteiger partial charge in [-0.1, -0.05) is 12.8 Å². The fourth-order valence-corrected chi connectivity index (χ4v) is 4.73. The van der Waals surface area contributed by atoms with Crippen molar-refractivity contribution in [2.24, 2.45) is 17.3 Å². The van der Waals surface area contributed by atoms with Gasteiger partial charge in [-0.2, -0.15) is 0 Å². The average molecular weight is 210 g/mol. The minimum atomic E-state index is -0.513. The van der Waals surface area contributed by atoms with Gasteiger partial charge < -0.3 is 10.2 Å². The first-order valence-corrected chi connectivity index (χ1v) is 6.53. The third kappa shape index (κ3) is 1.18. The number of aliphatic hydroxyl groups excluding tert-OH is 1. The van der Waals surface area contributed by atoms with Crippen molar-refractivity contribution >= 4 is 0 Å². The van der Waals surface area contributed by atoms with Crippen LogP contribution in [0, 0.1) is 17.3 Å². The van der Waals surface area contributed by atoms with Crippen molar-refractivity contribution in [1.29, 1.82) is 0 Å². The van der Waals surface area contributed by atoms with Crippen LogP contribution in [0.25, 0.3) is 0 Å². The Morgan fingerprint density at radius 3 is 2.33 bits per heavy atom. The van der Waals surface area contributed by atoms with E-state index in [-0.39, 0.29) is 12.0 Å². The lowest BCUT2D eigenvalue weighted by Gasteiger charge is -2.47. The van der Waals surface area contributed by atoms with Gasteiger partial charge in [-0.05, 0) is 50.4 Å². The molecule has 0 aromatic rings. The summed E-state index contributed by atoms with van der Waals surface area (Å²) in [6.07, 6.45) is 9.18. The summed E-state index contributed by atoms with van der Waals surface area (Å²) >= 11 is 0. The molecule has 0 aliphatic heterocycles. The Hall–Kier alpha value is -0.0800. The van der Waals surface area contributed by atoms with E-state index in [1.165, 1.54) is 32.1 Å². The molecule has 3 aliphatic rings. The maximum absolute atomic E-state index is 11.0. The molecule has 3 saturated carbocycles. The predicted molar refractivity (Wildman–Crippen MR) is 58.4 cm³/mol. The molecule has 2 nitrogen and oxygen atoms in total. The van der Waals surface area contributed by atoms with Gasteiger partial charge in [-0.3, -0.25) is 0 Å². The van der Waals surface area contributed by atoms with Gasteiger partial charge in [0, 0.05) is 5.41 Å². The summed E-state index contributed by atoms with van der Waals surface area (Å²) < 4.78 is 0. The maximum atomic E-state index is 11.0. The minimum absolute atomic E-state index is 0.132. The molecule has 0 aromatic heterocycles. The van der Waals surface area contributed by atoms with E-state index in [0.29, 0.717) is 5.92 Å². The molecular weight excluding hydrogens is 188 g/mol. The quantitative estimate of drug-likeness (QED) is 0.732. The number of fused-ring (bicyclic) bond motifs is 2. The zero-order chi connectivity index (χ0) is 10.5. The highest BCUT2D eigenvalue weighted by Crippen LogP contribution is 2.61. The van der Waals surface area contributed by atoms with Crippen LogP contribution in [0.4, 0.5) is 0 Å². The van der Waals surface area contributed by atoms with Gasteiger partial charge >= 0.3 is 0 Å². The second-order valence-corrected chi connectivity index (χ2v) is 6.15. The van der Waals surface area contributed by atoms with Gasteiger partial charge in [-0.25, -0.2) is 0 Å². The normalized spacial score (nSPS) is 47.6. The molecule has 3 rings (SSSR count). The van der Waals surface area contributed by atoms with E-state index in [0.717, 1.165) is 25.2 Å². The van der Waals surface area contributed by atoms with Crippen LogP contribution in [0.5, 0.6) is 0 Å². The monoisotopic (exact) mass is 210 g/mol. The maximum Gasteiger partial charge on any atom is 0.0756 e. The molecule has 0 spiro atoms. The van der Waals surface area contributed by atoms with Crippen LogP contribution in [-0.4, -0.2) is 22.4 Å². The van der Waals surface area contributed by atoms with E-state index >= 15 is 0 Å². The van der Waals surface area contributed by atoms with E-state index < -0.39 is 5.60 Å². The van der Waals surface area contributed by atoms with E-state index in [9.17, 15) is 10.2 Å². The summed E-state index contributed by atoms with van der Waals surface area (Å²) in [6, 6.07) is 0. The third-order valence-electron chi connectivity index (χ3n) is 5.60. The molecule has 3 fully saturated rings. The topological polar surface area (TPSA) is 40.5 Å². The Balaban J connectivity index is 1.91. The van der Waals surface area contributed by atoms with Crippen LogP contribution in [0.2, 0.25) is 0 Å². The molecule has 3 unspecified atom stereocenters. The van der Waals surface area contributed by atoms with Crippen LogP contribution < -0.4 is 0 Å². The fourth-order valence-electron chi connectivity index (χ4n) is 4.73. The lowest BCUT2D eigenvalue weighted by molar-refractivity contribution is -0.140. The van der Waals surface area contributed by atoms with Gasteiger partial charge in [0.25, 0.3) is 0 Å². The van der Waals surface area contributed by atoms with Gasteiger partial charge in [0.2, 0.25) is 0 Å². The summed E-state index contributed by atoms with van der Waals surface area (Å²) in [5.74, 6) is 1.25. The van der Waals surface area contributed by atoms with Crippen LogP contribution in [0.1, 0.15) is 51.4 Å². The Morgan fingerprint density at radius 2 is 1.87 bits per heavy atom. The molecule has 0 saturated heterocycles. The first kappa shape index (κ1) is 10.1. The van der Waals surface area contributed by atoms with E-state index in [2.05, 4.69) is 0 Å². The molecule has 3 aliphatic carbocycles. The molecule has 2 heteroatoms. The molecule has 0 aromatic carbocycles. The largest absolute Gasteiger partial charge is 0.396 e. The van der Waals surface area contributed by atoms with Crippen LogP contribution in [0.15, 0.2) is 0 Å². The minimum Gasteiger partial charge on any atom is -0.396 e. The zero-order valence-electron chi connectivity index (χ0n) is 9.41. The van der Waals surface area contributed by atoms with Gasteiger partial charge in [0.1, 0.15) is 0 Å². The number of hydrogen-bond donors (Lipinski definition) is 2. The summed E-state index contributed by atoms with van der Waals surface area (Å²) in [7, 11) is 0. The summed E-state index contributed by atoms with van der Waals surface area (Å²) in [5.41, 5.74) is -0.645. The highest BCUT2D eigenvalue weighted by Gasteiger charge is 2.61. The van der Waals surface area contributed by atoms with Crippen molar-refractivity contribution in [3.63, 3.8) is 0 Å². The van der Waals surface area contributed by atoms with E-state index in [4.69, 9.17) is 0 Å². The lowest BCUT2D eigenvalue weighted by atomic mass is 9.63. The van der Waals surface area contributed by atoms with Crippen molar-refractivity contribution in [3.05, 3.63) is 0 Å². The van der Waals surface area contributed by atoms with Crippen molar-refractivity contribution in [2.45, 2.75) is 57.0 Å². The zero-order valence-corrected chi connectivity index (χ0v) is 9.41. The van der Waals surface area contributed by atoms with E-state index in [1.54, 1.807) is 0 Å². The second kappa shape index (κ2) is 3.21. The van der Waals surface area contributed by atoms with Gasteiger partial charge in [0.05, 0.1) is 12.2 Å². The average Bonchev–Trinajstić information content (AvgIpc) is 2.92. The lowest BCUT2D eigenvalue weighted by Crippen LogP contribution is -2.52. The summed E-state index contributed by atoms with van der Waals surface area (Å²) in [6.45, 7) is 0.201. The molecule has 86 valence electrons. The fraction of sp³-hybridized carbons (Fsp3) is 1.00. The molecule has 0 radical (unpaired) electrons. The molecule has 2 bridgehead atoms. The van der Waals surface area contributed by atoms with Crippen molar-refractivity contribution in [2.75, 3.05) is 6.61 Å². The first-order valence-electron chi connectivity index (χ1n) is 6.53. The van der Waals surface area contributed by atoms with Crippen LogP contribution in [-0.2, 0) is 0 Å². The summed E-state index contributed by atoms with van der Waals surface area (Å²) in [5, 5.41) is 20.7. The smallest absolute Gasteiger partial charge is 0.0756 e. The predicted octanol–water partition coefficient (Wildman–Crippen LogP) is 2.09. The number of hydrogen-bond acceptors (Lipinski definition) is 2. The molecule has 2 N–H and O–H groups in total. The second-order valence-electron chi connectivity index (χ2n) is 6.15. The van der Waals surface area contributed by atoms with Crippen molar-refractivity contribution in [3.8, 4) is 0 Å². The first-order chi connectivity index (χ1) is 7.20. The van der Waals surface area contributed by atoms with Gasteiger partial charge in [-0.15, -0.1) is 0 Å². The Kier molecular flexibility index (Phi) is 2.16. The summed E-state index contributed by atoms with van der Waals surface area (Å²) in [4.78, 5) is 0.